The number of H-pyrrole nitrogens is 1. The largest absolute Gasteiger partial charge is 0.352 e. The number of hydrogen-bond donors (Lipinski definition) is 2. The van der Waals surface area contributed by atoms with E-state index < -0.39 is 0 Å². The van der Waals surface area contributed by atoms with Gasteiger partial charge in [-0.05, 0) is 50.3 Å². The number of nitrogens with zero attached hydrogens (tertiary/aromatic N) is 1. The first-order chi connectivity index (χ1) is 11.5. The van der Waals surface area contributed by atoms with Crippen LogP contribution in [-0.4, -0.2) is 15.9 Å². The molecule has 0 saturated heterocycles. The smallest absolute Gasteiger partial charge is 0.254 e. The second-order valence-corrected chi connectivity index (χ2v) is 6.63. The lowest BCUT2D eigenvalue weighted by molar-refractivity contribution is -0.125. The van der Waals surface area contributed by atoms with E-state index in [0.717, 1.165) is 23.2 Å². The third kappa shape index (κ3) is 3.85. The van der Waals surface area contributed by atoms with Gasteiger partial charge in [0.2, 0.25) is 5.91 Å². The summed E-state index contributed by atoms with van der Waals surface area (Å²) >= 11 is 5.86. The van der Waals surface area contributed by atoms with Gasteiger partial charge in [0.1, 0.15) is 5.82 Å². The number of aryl methyl sites for hydroxylation is 2. The predicted octanol–water partition coefficient (Wildman–Crippen LogP) is 2.54. The highest BCUT2D eigenvalue weighted by Crippen LogP contribution is 2.22. The number of aromatic nitrogens is 2. The lowest BCUT2D eigenvalue weighted by atomic mass is 9.98. The molecule has 24 heavy (non-hydrogen) atoms. The van der Waals surface area contributed by atoms with Gasteiger partial charge in [0.15, 0.2) is 0 Å². The van der Waals surface area contributed by atoms with Gasteiger partial charge in [-0.15, -0.1) is 0 Å². The Bertz CT molecular complexity index is 799. The average Bonchev–Trinajstić information content (AvgIpc) is 2.77. The number of carbonyl (C=O) groups is 1. The lowest BCUT2D eigenvalue weighted by Gasteiger charge is -2.14. The summed E-state index contributed by atoms with van der Waals surface area (Å²) in [5.74, 6) is 0.571. The maximum Gasteiger partial charge on any atom is 0.254 e. The Balaban J connectivity index is 1.62. The van der Waals surface area contributed by atoms with Crippen molar-refractivity contribution in [2.24, 2.45) is 5.92 Å². The number of hydrogen-bond acceptors (Lipinski definition) is 3. The molecule has 1 heterocycles. The molecule has 1 aliphatic carbocycles. The molecular formula is C18H20ClN3O2. The molecule has 1 unspecified atom stereocenters. The van der Waals surface area contributed by atoms with Crippen molar-refractivity contribution in [2.75, 3.05) is 0 Å². The summed E-state index contributed by atoms with van der Waals surface area (Å²) in [6.07, 6.45) is 2.65. The topological polar surface area (TPSA) is 74.8 Å². The Labute approximate surface area is 145 Å². The molecule has 2 aromatic rings. The van der Waals surface area contributed by atoms with E-state index in [0.29, 0.717) is 36.7 Å². The Morgan fingerprint density at radius 3 is 2.75 bits per heavy atom. The van der Waals surface area contributed by atoms with E-state index in [1.165, 1.54) is 0 Å². The molecule has 126 valence electrons. The van der Waals surface area contributed by atoms with Gasteiger partial charge in [-0.1, -0.05) is 23.7 Å². The third-order valence-electron chi connectivity index (χ3n) is 4.44. The summed E-state index contributed by atoms with van der Waals surface area (Å²) in [6.45, 7) is 2.26. The molecule has 0 fully saturated rings. The van der Waals surface area contributed by atoms with Crippen molar-refractivity contribution in [3.63, 3.8) is 0 Å². The Hall–Kier alpha value is -2.14. The van der Waals surface area contributed by atoms with Gasteiger partial charge in [-0.3, -0.25) is 9.59 Å². The number of fused-ring (bicyclic) bond motifs is 1. The van der Waals surface area contributed by atoms with Crippen LogP contribution in [0.3, 0.4) is 0 Å². The summed E-state index contributed by atoms with van der Waals surface area (Å²) in [5.41, 5.74) is 2.51. The number of benzene rings is 1. The van der Waals surface area contributed by atoms with Crippen LogP contribution in [0.4, 0.5) is 0 Å². The first-order valence-electron chi connectivity index (χ1n) is 8.14. The van der Waals surface area contributed by atoms with Crippen LogP contribution in [-0.2, 0) is 24.2 Å². The zero-order valence-electron chi connectivity index (χ0n) is 13.6. The van der Waals surface area contributed by atoms with Crippen LogP contribution in [0.1, 0.15) is 35.5 Å². The minimum Gasteiger partial charge on any atom is -0.352 e. The molecule has 0 radical (unpaired) electrons. The predicted molar refractivity (Wildman–Crippen MR) is 93.0 cm³/mol. The Kier molecular flexibility index (Phi) is 5.00. The first-order valence-corrected chi connectivity index (χ1v) is 8.51. The highest BCUT2D eigenvalue weighted by atomic mass is 35.5. The van der Waals surface area contributed by atoms with Gasteiger partial charge in [-0.25, -0.2) is 4.98 Å². The van der Waals surface area contributed by atoms with Gasteiger partial charge in [-0.2, -0.15) is 0 Å². The fourth-order valence-corrected chi connectivity index (χ4v) is 3.23. The number of aromatic amines is 1. The molecule has 1 aromatic heterocycles. The van der Waals surface area contributed by atoms with Crippen molar-refractivity contribution < 1.29 is 4.79 Å². The number of rotatable bonds is 3. The van der Waals surface area contributed by atoms with Crippen LogP contribution in [0.2, 0.25) is 5.02 Å². The average molecular weight is 346 g/mol. The molecule has 0 aliphatic heterocycles. The number of amides is 1. The number of halogens is 1. The Morgan fingerprint density at radius 2 is 2.00 bits per heavy atom. The zero-order chi connectivity index (χ0) is 17.1. The normalized spacial score (nSPS) is 17.0. The van der Waals surface area contributed by atoms with Crippen LogP contribution < -0.4 is 10.9 Å². The van der Waals surface area contributed by atoms with Gasteiger partial charge in [0.05, 0.1) is 5.69 Å². The summed E-state index contributed by atoms with van der Waals surface area (Å²) in [5, 5.41) is 3.66. The molecule has 0 spiro atoms. The van der Waals surface area contributed by atoms with E-state index in [1.807, 2.05) is 24.3 Å². The molecule has 5 nitrogen and oxygen atoms in total. The SMILES string of the molecule is Cc1nc2c(c(=O)[nH]1)CCC(C(=O)NCc1ccc(Cl)cc1)CC2. The van der Waals surface area contributed by atoms with Crippen LogP contribution in [0.15, 0.2) is 29.1 Å². The van der Waals surface area contributed by atoms with E-state index in [-0.39, 0.29) is 17.4 Å². The van der Waals surface area contributed by atoms with Gasteiger partial charge < -0.3 is 10.3 Å². The highest BCUT2D eigenvalue weighted by Gasteiger charge is 2.24. The summed E-state index contributed by atoms with van der Waals surface area (Å²) < 4.78 is 0. The molecule has 3 rings (SSSR count). The number of carbonyl (C=O) groups excluding carboxylic acids is 1. The zero-order valence-corrected chi connectivity index (χ0v) is 14.3. The van der Waals surface area contributed by atoms with E-state index >= 15 is 0 Å². The molecule has 2 N–H and O–H groups in total. The van der Waals surface area contributed by atoms with E-state index in [2.05, 4.69) is 15.3 Å². The number of nitrogens with one attached hydrogen (secondary N) is 2. The molecule has 0 bridgehead atoms. The monoisotopic (exact) mass is 345 g/mol. The van der Waals surface area contributed by atoms with Crippen molar-refractivity contribution in [2.45, 2.75) is 39.2 Å². The van der Waals surface area contributed by atoms with E-state index in [1.54, 1.807) is 6.92 Å². The van der Waals surface area contributed by atoms with E-state index in [9.17, 15) is 9.59 Å². The standard InChI is InChI=1S/C18H20ClN3O2/c1-11-21-16-9-5-13(4-8-15(16)18(24)22-11)17(23)20-10-12-2-6-14(19)7-3-12/h2-3,6-7,13H,4-5,8-10H2,1H3,(H,20,23)(H,21,22,24). The van der Waals surface area contributed by atoms with Gasteiger partial charge in [0.25, 0.3) is 5.56 Å². The minimum atomic E-state index is -0.0915. The van der Waals surface area contributed by atoms with Crippen molar-refractivity contribution in [3.05, 3.63) is 62.3 Å². The van der Waals surface area contributed by atoms with Crippen molar-refractivity contribution >= 4 is 17.5 Å². The molecule has 1 aromatic carbocycles. The summed E-state index contributed by atoms with van der Waals surface area (Å²) in [4.78, 5) is 31.7. The summed E-state index contributed by atoms with van der Waals surface area (Å²) in [6, 6.07) is 7.42. The summed E-state index contributed by atoms with van der Waals surface area (Å²) in [7, 11) is 0. The first kappa shape index (κ1) is 16.7. The van der Waals surface area contributed by atoms with E-state index in [4.69, 9.17) is 11.6 Å². The fraction of sp³-hybridized carbons (Fsp3) is 0.389. The fourth-order valence-electron chi connectivity index (χ4n) is 3.11. The highest BCUT2D eigenvalue weighted by molar-refractivity contribution is 6.30. The van der Waals surface area contributed by atoms with Crippen LogP contribution in [0.25, 0.3) is 0 Å². The molecular weight excluding hydrogens is 326 g/mol. The second kappa shape index (κ2) is 7.18. The molecule has 1 amide bonds. The molecule has 1 aliphatic rings. The van der Waals surface area contributed by atoms with Crippen molar-refractivity contribution in [1.82, 2.24) is 15.3 Å². The maximum absolute atomic E-state index is 12.5. The van der Waals surface area contributed by atoms with Gasteiger partial charge in [0, 0.05) is 23.0 Å². The second-order valence-electron chi connectivity index (χ2n) is 6.20. The minimum absolute atomic E-state index is 0.0332. The lowest BCUT2D eigenvalue weighted by Crippen LogP contribution is -2.30. The molecule has 0 saturated carbocycles. The van der Waals surface area contributed by atoms with Crippen molar-refractivity contribution in [1.29, 1.82) is 0 Å². The third-order valence-corrected chi connectivity index (χ3v) is 4.69. The molecule has 6 heteroatoms. The van der Waals surface area contributed by atoms with Crippen LogP contribution in [0, 0.1) is 12.8 Å². The Morgan fingerprint density at radius 1 is 1.29 bits per heavy atom. The van der Waals surface area contributed by atoms with Gasteiger partial charge >= 0.3 is 0 Å². The molecule has 1 atom stereocenters. The maximum atomic E-state index is 12.5. The quantitative estimate of drug-likeness (QED) is 0.839. The van der Waals surface area contributed by atoms with Crippen LogP contribution >= 0.6 is 11.6 Å². The van der Waals surface area contributed by atoms with Crippen molar-refractivity contribution in [3.8, 4) is 0 Å². The van der Waals surface area contributed by atoms with Crippen LogP contribution in [0.5, 0.6) is 0 Å².